The summed E-state index contributed by atoms with van der Waals surface area (Å²) in [7, 11) is 2.11. The SMILES string of the molecule is CCC(C(=O)N1CCN(Cc2cn(C)c3ccccc23)CC1)c1ccccc1. The van der Waals surface area contributed by atoms with Gasteiger partial charge < -0.3 is 9.47 Å². The van der Waals surface area contributed by atoms with Crippen LogP contribution in [0.15, 0.2) is 60.8 Å². The van der Waals surface area contributed by atoms with Crippen molar-refractivity contribution in [3.05, 3.63) is 71.9 Å². The molecule has 1 saturated heterocycles. The largest absolute Gasteiger partial charge is 0.350 e. The fourth-order valence-electron chi connectivity index (χ4n) is 4.38. The lowest BCUT2D eigenvalue weighted by Crippen LogP contribution is -2.49. The number of rotatable bonds is 5. The number of aryl methyl sites for hydroxylation is 1. The van der Waals surface area contributed by atoms with Gasteiger partial charge in [0.1, 0.15) is 0 Å². The zero-order valence-corrected chi connectivity index (χ0v) is 16.8. The summed E-state index contributed by atoms with van der Waals surface area (Å²) >= 11 is 0. The first kappa shape index (κ1) is 18.8. The van der Waals surface area contributed by atoms with Crippen LogP contribution in [0.5, 0.6) is 0 Å². The first-order valence-electron chi connectivity index (χ1n) is 10.3. The molecule has 3 aromatic rings. The standard InChI is InChI=1S/C24H29N3O/c1-3-21(19-9-5-4-6-10-19)24(28)27-15-13-26(14-16-27)18-20-17-25(2)23-12-8-7-11-22(20)23/h4-12,17,21H,3,13-16,18H2,1-2H3. The topological polar surface area (TPSA) is 28.5 Å². The summed E-state index contributed by atoms with van der Waals surface area (Å²) in [5.74, 6) is 0.254. The third-order valence-electron chi connectivity index (χ3n) is 5.97. The number of para-hydroxylation sites is 1. The van der Waals surface area contributed by atoms with E-state index in [4.69, 9.17) is 0 Å². The lowest BCUT2D eigenvalue weighted by molar-refractivity contribution is -0.134. The Kier molecular flexibility index (Phi) is 5.49. The van der Waals surface area contributed by atoms with Crippen molar-refractivity contribution in [1.29, 1.82) is 0 Å². The molecular weight excluding hydrogens is 346 g/mol. The number of fused-ring (bicyclic) bond motifs is 1. The van der Waals surface area contributed by atoms with E-state index in [0.717, 1.165) is 44.7 Å². The minimum absolute atomic E-state index is 0.0224. The molecule has 2 heterocycles. The molecule has 1 aliphatic heterocycles. The second kappa shape index (κ2) is 8.19. The molecule has 0 radical (unpaired) electrons. The van der Waals surface area contributed by atoms with Gasteiger partial charge in [0.05, 0.1) is 5.92 Å². The number of carbonyl (C=O) groups excluding carboxylic acids is 1. The van der Waals surface area contributed by atoms with E-state index >= 15 is 0 Å². The van der Waals surface area contributed by atoms with Crippen LogP contribution in [0, 0.1) is 0 Å². The molecule has 1 fully saturated rings. The van der Waals surface area contributed by atoms with Crippen molar-refractivity contribution in [2.24, 2.45) is 7.05 Å². The van der Waals surface area contributed by atoms with E-state index in [2.05, 4.69) is 70.9 Å². The van der Waals surface area contributed by atoms with Crippen molar-refractivity contribution in [3.8, 4) is 0 Å². The number of nitrogens with zero attached hydrogens (tertiary/aromatic N) is 3. The molecule has 1 atom stereocenters. The van der Waals surface area contributed by atoms with Crippen LogP contribution < -0.4 is 0 Å². The normalized spacial score (nSPS) is 16.4. The summed E-state index contributed by atoms with van der Waals surface area (Å²) in [6.45, 7) is 6.53. The van der Waals surface area contributed by atoms with E-state index < -0.39 is 0 Å². The van der Waals surface area contributed by atoms with E-state index in [9.17, 15) is 4.79 Å². The minimum atomic E-state index is -0.0224. The Morgan fingerprint density at radius 3 is 2.36 bits per heavy atom. The number of hydrogen-bond donors (Lipinski definition) is 0. The number of carbonyl (C=O) groups is 1. The molecule has 1 unspecified atom stereocenters. The van der Waals surface area contributed by atoms with Gasteiger partial charge in [0.25, 0.3) is 0 Å². The van der Waals surface area contributed by atoms with Crippen LogP contribution in [0.4, 0.5) is 0 Å². The van der Waals surface area contributed by atoms with Gasteiger partial charge in [-0.25, -0.2) is 0 Å². The van der Waals surface area contributed by atoms with Crippen molar-refractivity contribution < 1.29 is 4.79 Å². The van der Waals surface area contributed by atoms with Crippen LogP contribution >= 0.6 is 0 Å². The number of aromatic nitrogens is 1. The van der Waals surface area contributed by atoms with Crippen molar-refractivity contribution >= 4 is 16.8 Å². The van der Waals surface area contributed by atoms with Crippen molar-refractivity contribution in [2.75, 3.05) is 26.2 Å². The smallest absolute Gasteiger partial charge is 0.230 e. The van der Waals surface area contributed by atoms with Gasteiger partial charge in [0.2, 0.25) is 5.91 Å². The third-order valence-corrected chi connectivity index (χ3v) is 5.97. The number of amides is 1. The van der Waals surface area contributed by atoms with Crippen molar-refractivity contribution in [3.63, 3.8) is 0 Å². The number of hydrogen-bond acceptors (Lipinski definition) is 2. The Bertz CT molecular complexity index is 939. The van der Waals surface area contributed by atoms with E-state index in [0.29, 0.717) is 0 Å². The fourth-order valence-corrected chi connectivity index (χ4v) is 4.38. The highest BCUT2D eigenvalue weighted by atomic mass is 16.2. The van der Waals surface area contributed by atoms with Gasteiger partial charge in [0.15, 0.2) is 0 Å². The summed E-state index contributed by atoms with van der Waals surface area (Å²) in [4.78, 5) is 17.6. The highest BCUT2D eigenvalue weighted by Crippen LogP contribution is 2.24. The molecule has 4 rings (SSSR count). The van der Waals surface area contributed by atoms with Crippen LogP contribution in [-0.2, 0) is 18.4 Å². The summed E-state index contributed by atoms with van der Waals surface area (Å²) in [6, 6.07) is 18.8. The zero-order chi connectivity index (χ0) is 19.5. The molecule has 0 N–H and O–H groups in total. The van der Waals surface area contributed by atoms with Gasteiger partial charge in [-0.2, -0.15) is 0 Å². The average molecular weight is 376 g/mol. The molecule has 2 aromatic carbocycles. The highest BCUT2D eigenvalue weighted by molar-refractivity contribution is 5.84. The maximum atomic E-state index is 13.1. The van der Waals surface area contributed by atoms with Crippen LogP contribution in [0.3, 0.4) is 0 Å². The molecule has 1 amide bonds. The molecule has 146 valence electrons. The quantitative estimate of drug-likeness (QED) is 0.674. The monoisotopic (exact) mass is 375 g/mol. The molecular formula is C24H29N3O. The summed E-state index contributed by atoms with van der Waals surface area (Å²) < 4.78 is 2.20. The Morgan fingerprint density at radius 1 is 0.964 bits per heavy atom. The molecule has 0 saturated carbocycles. The van der Waals surface area contributed by atoms with Gasteiger partial charge in [0, 0.05) is 56.9 Å². The van der Waals surface area contributed by atoms with Crippen LogP contribution in [-0.4, -0.2) is 46.5 Å². The number of piperazine rings is 1. The Balaban J connectivity index is 1.39. The molecule has 1 aliphatic rings. The van der Waals surface area contributed by atoms with Crippen LogP contribution in [0.25, 0.3) is 10.9 Å². The molecule has 1 aromatic heterocycles. The van der Waals surface area contributed by atoms with E-state index in [-0.39, 0.29) is 11.8 Å². The predicted octanol–water partition coefficient (Wildman–Crippen LogP) is 4.02. The van der Waals surface area contributed by atoms with Crippen LogP contribution in [0.1, 0.15) is 30.4 Å². The minimum Gasteiger partial charge on any atom is -0.350 e. The lowest BCUT2D eigenvalue weighted by Gasteiger charge is -2.36. The maximum Gasteiger partial charge on any atom is 0.230 e. The second-order valence-corrected chi connectivity index (χ2v) is 7.76. The molecule has 0 aliphatic carbocycles. The number of benzene rings is 2. The molecule has 28 heavy (non-hydrogen) atoms. The fraction of sp³-hybridized carbons (Fsp3) is 0.375. The van der Waals surface area contributed by atoms with Gasteiger partial charge >= 0.3 is 0 Å². The Hall–Kier alpha value is -2.59. The van der Waals surface area contributed by atoms with Gasteiger partial charge in [-0.15, -0.1) is 0 Å². The van der Waals surface area contributed by atoms with E-state index in [1.165, 1.54) is 16.5 Å². The summed E-state index contributed by atoms with van der Waals surface area (Å²) in [6.07, 6.45) is 3.09. The third kappa shape index (κ3) is 3.69. The second-order valence-electron chi connectivity index (χ2n) is 7.76. The Morgan fingerprint density at radius 2 is 1.64 bits per heavy atom. The molecule has 0 spiro atoms. The summed E-state index contributed by atoms with van der Waals surface area (Å²) in [5, 5.41) is 1.33. The average Bonchev–Trinajstić information content (AvgIpc) is 3.05. The first-order valence-corrected chi connectivity index (χ1v) is 10.3. The highest BCUT2D eigenvalue weighted by Gasteiger charge is 2.27. The maximum absolute atomic E-state index is 13.1. The Labute approximate surface area is 167 Å². The predicted molar refractivity (Wildman–Crippen MR) is 114 cm³/mol. The first-order chi connectivity index (χ1) is 13.7. The van der Waals surface area contributed by atoms with Gasteiger partial charge in [-0.1, -0.05) is 55.5 Å². The molecule has 4 nitrogen and oxygen atoms in total. The molecule has 4 heteroatoms. The van der Waals surface area contributed by atoms with Crippen molar-refractivity contribution in [1.82, 2.24) is 14.4 Å². The van der Waals surface area contributed by atoms with Crippen LogP contribution in [0.2, 0.25) is 0 Å². The molecule has 0 bridgehead atoms. The van der Waals surface area contributed by atoms with Gasteiger partial charge in [-0.3, -0.25) is 9.69 Å². The van der Waals surface area contributed by atoms with E-state index in [1.807, 2.05) is 18.2 Å². The van der Waals surface area contributed by atoms with Crippen molar-refractivity contribution in [2.45, 2.75) is 25.8 Å². The van der Waals surface area contributed by atoms with Gasteiger partial charge in [-0.05, 0) is 23.6 Å². The lowest BCUT2D eigenvalue weighted by atomic mass is 9.95. The van der Waals surface area contributed by atoms with E-state index in [1.54, 1.807) is 0 Å². The zero-order valence-electron chi connectivity index (χ0n) is 16.8. The summed E-state index contributed by atoms with van der Waals surface area (Å²) in [5.41, 5.74) is 3.78.